The first-order valence-corrected chi connectivity index (χ1v) is 10.6. The van der Waals surface area contributed by atoms with E-state index in [1.807, 2.05) is 0 Å². The van der Waals surface area contributed by atoms with Crippen LogP contribution in [0.2, 0.25) is 0 Å². The molecule has 2 aliphatic rings. The van der Waals surface area contributed by atoms with E-state index < -0.39 is 21.0 Å². The Morgan fingerprint density at radius 2 is 1.74 bits per heavy atom. The lowest BCUT2D eigenvalue weighted by molar-refractivity contribution is -0.173. The zero-order valence-corrected chi connectivity index (χ0v) is 17.4. The molecule has 0 atom stereocenters. The number of hydrogen-bond donors (Lipinski definition) is 4. The monoisotopic (exact) mass is 439 g/mol. The lowest BCUT2D eigenvalue weighted by atomic mass is 9.91. The number of nitrogen functional groups attached to an aromatic ring is 1. The SMILES string of the molecule is Cc1cc2c(-c3ccc(C(=O)O)cc3S(=O)(=O)O)c3cc(C)c(=[NH2+])cc-3oc2cc1N. The highest BCUT2D eigenvalue weighted by atomic mass is 32.2. The Labute approximate surface area is 177 Å². The van der Waals surface area contributed by atoms with Crippen molar-refractivity contribution in [3.05, 3.63) is 64.5 Å². The molecule has 1 aliphatic heterocycles. The third kappa shape index (κ3) is 3.43. The van der Waals surface area contributed by atoms with Crippen LogP contribution in [0, 0.1) is 13.8 Å². The molecule has 8 nitrogen and oxygen atoms in total. The Balaban J connectivity index is 2.27. The summed E-state index contributed by atoms with van der Waals surface area (Å²) < 4.78 is 40.3. The van der Waals surface area contributed by atoms with Gasteiger partial charge in [-0.3, -0.25) is 9.96 Å². The molecular formula is C22H19N2O6S+. The summed E-state index contributed by atoms with van der Waals surface area (Å²) in [6, 6.07) is 10.3. The van der Waals surface area contributed by atoms with Gasteiger partial charge in [-0.05, 0) is 43.7 Å². The number of rotatable bonds is 3. The predicted molar refractivity (Wildman–Crippen MR) is 114 cm³/mol. The third-order valence-electron chi connectivity index (χ3n) is 5.27. The summed E-state index contributed by atoms with van der Waals surface area (Å²) in [5.41, 5.74) is 9.26. The van der Waals surface area contributed by atoms with Crippen LogP contribution in [-0.4, -0.2) is 24.0 Å². The molecule has 0 fully saturated rings. The molecule has 1 heterocycles. The molecule has 0 saturated carbocycles. The van der Waals surface area contributed by atoms with Gasteiger partial charge >= 0.3 is 5.97 Å². The number of aromatic carboxylic acids is 1. The molecule has 0 aromatic heterocycles. The molecule has 0 unspecified atom stereocenters. The second-order valence-corrected chi connectivity index (χ2v) is 8.77. The summed E-state index contributed by atoms with van der Waals surface area (Å²) in [5.74, 6) is -0.932. The van der Waals surface area contributed by atoms with Crippen LogP contribution < -0.4 is 16.5 Å². The molecule has 0 radical (unpaired) electrons. The van der Waals surface area contributed by atoms with E-state index in [0.29, 0.717) is 38.9 Å². The van der Waals surface area contributed by atoms with Crippen molar-refractivity contribution in [1.29, 1.82) is 0 Å². The largest absolute Gasteiger partial charge is 0.478 e. The number of carboxylic acids is 1. The lowest BCUT2D eigenvalue weighted by Gasteiger charge is -2.18. The molecule has 0 bridgehead atoms. The highest BCUT2D eigenvalue weighted by molar-refractivity contribution is 7.86. The van der Waals surface area contributed by atoms with Crippen molar-refractivity contribution in [2.24, 2.45) is 0 Å². The van der Waals surface area contributed by atoms with Crippen LogP contribution >= 0.6 is 0 Å². The Morgan fingerprint density at radius 1 is 1.03 bits per heavy atom. The molecule has 2 aromatic carbocycles. The van der Waals surface area contributed by atoms with Gasteiger partial charge in [0.05, 0.1) is 11.6 Å². The highest BCUT2D eigenvalue weighted by Gasteiger charge is 2.26. The molecular weight excluding hydrogens is 420 g/mol. The maximum absolute atomic E-state index is 12.2. The van der Waals surface area contributed by atoms with Crippen LogP contribution in [0.15, 0.2) is 51.8 Å². The van der Waals surface area contributed by atoms with Gasteiger partial charge in [0.2, 0.25) is 5.36 Å². The minimum absolute atomic E-state index is 0.131. The van der Waals surface area contributed by atoms with Crippen molar-refractivity contribution >= 4 is 32.7 Å². The number of carbonyl (C=O) groups is 1. The number of anilines is 1. The van der Waals surface area contributed by atoms with Crippen molar-refractivity contribution < 1.29 is 32.7 Å². The number of nitrogens with two attached hydrogens (primary N) is 2. The van der Waals surface area contributed by atoms with Crippen LogP contribution in [0.1, 0.15) is 21.5 Å². The summed E-state index contributed by atoms with van der Waals surface area (Å²) in [7, 11) is -4.75. The zero-order chi connectivity index (χ0) is 22.7. The fourth-order valence-corrected chi connectivity index (χ4v) is 4.32. The van der Waals surface area contributed by atoms with E-state index >= 15 is 0 Å². The van der Waals surface area contributed by atoms with Crippen molar-refractivity contribution in [2.75, 3.05) is 5.73 Å². The summed E-state index contributed by atoms with van der Waals surface area (Å²) >= 11 is 0. The van der Waals surface area contributed by atoms with Gasteiger partial charge in [0.15, 0.2) is 0 Å². The van der Waals surface area contributed by atoms with E-state index in [-0.39, 0.29) is 11.1 Å². The van der Waals surface area contributed by atoms with E-state index in [4.69, 9.17) is 15.6 Å². The standard InChI is InChI=1S/C22H18N2O6S/c1-10-5-14-18(8-16(10)23)30-19-9-17(24)11(2)6-15(19)21(14)13-4-3-12(22(25)26)7-20(13)31(27,28)29/h3-9,23H,24H2,1-2H3,(H,25,26)(H,27,28,29)/p+1. The molecule has 1 aliphatic carbocycles. The Kier molecular flexibility index (Phi) is 4.60. The molecule has 0 saturated heterocycles. The number of hydrogen-bond acceptors (Lipinski definition) is 5. The molecule has 4 rings (SSSR count). The van der Waals surface area contributed by atoms with E-state index in [9.17, 15) is 22.9 Å². The van der Waals surface area contributed by atoms with Gasteiger partial charge in [0, 0.05) is 39.4 Å². The summed E-state index contributed by atoms with van der Waals surface area (Å²) in [6.07, 6.45) is 0. The van der Waals surface area contributed by atoms with Crippen LogP contribution in [0.5, 0.6) is 0 Å². The van der Waals surface area contributed by atoms with Crippen molar-refractivity contribution in [3.8, 4) is 22.5 Å². The molecule has 0 spiro atoms. The summed E-state index contributed by atoms with van der Waals surface area (Å²) in [6.45, 7) is 3.60. The maximum atomic E-state index is 12.2. The fraction of sp³-hybridized carbons (Fsp3) is 0.0909. The quantitative estimate of drug-likeness (QED) is 0.216. The molecule has 158 valence electrons. The normalized spacial score (nSPS) is 11.8. The number of carboxylic acid groups (broad SMARTS) is 1. The number of benzene rings is 3. The van der Waals surface area contributed by atoms with Gasteiger partial charge in [-0.2, -0.15) is 8.42 Å². The Morgan fingerprint density at radius 3 is 2.39 bits per heavy atom. The first-order valence-electron chi connectivity index (χ1n) is 9.18. The Hall–Kier alpha value is -3.69. The topological polar surface area (TPSA) is 156 Å². The molecule has 9 heteroatoms. The predicted octanol–water partition coefficient (Wildman–Crippen LogP) is 2.01. The average Bonchev–Trinajstić information content (AvgIpc) is 2.68. The van der Waals surface area contributed by atoms with Crippen LogP contribution in [0.4, 0.5) is 5.69 Å². The molecule has 6 N–H and O–H groups in total. The number of fused-ring (bicyclic) bond motifs is 2. The van der Waals surface area contributed by atoms with E-state index in [1.165, 1.54) is 12.1 Å². The average molecular weight is 439 g/mol. The number of aryl methyl sites for hydroxylation is 2. The van der Waals surface area contributed by atoms with Gasteiger partial charge in [-0.1, -0.05) is 6.07 Å². The van der Waals surface area contributed by atoms with Gasteiger partial charge in [-0.15, -0.1) is 0 Å². The smallest absolute Gasteiger partial charge is 0.335 e. The van der Waals surface area contributed by atoms with E-state index in [0.717, 1.165) is 17.2 Å². The molecule has 0 amide bonds. The van der Waals surface area contributed by atoms with Crippen molar-refractivity contribution in [1.82, 2.24) is 0 Å². The van der Waals surface area contributed by atoms with Crippen molar-refractivity contribution in [3.63, 3.8) is 0 Å². The lowest BCUT2D eigenvalue weighted by Crippen LogP contribution is -2.46. The van der Waals surface area contributed by atoms with Gasteiger partial charge in [-0.25, -0.2) is 4.79 Å². The second-order valence-electron chi connectivity index (χ2n) is 7.38. The molecule has 31 heavy (non-hydrogen) atoms. The minimum atomic E-state index is -4.75. The summed E-state index contributed by atoms with van der Waals surface area (Å²) in [5, 5.41) is 16.4. The minimum Gasteiger partial charge on any atom is -0.478 e. The first-order chi connectivity index (χ1) is 14.5. The van der Waals surface area contributed by atoms with Crippen LogP contribution in [0.3, 0.4) is 0 Å². The van der Waals surface area contributed by atoms with Crippen LogP contribution in [-0.2, 0) is 10.1 Å². The first kappa shape index (κ1) is 20.6. The van der Waals surface area contributed by atoms with Gasteiger partial charge in [0.1, 0.15) is 16.2 Å². The zero-order valence-electron chi connectivity index (χ0n) is 16.6. The summed E-state index contributed by atoms with van der Waals surface area (Å²) in [4.78, 5) is 10.9. The molecule has 2 aromatic rings. The van der Waals surface area contributed by atoms with E-state index in [1.54, 1.807) is 38.1 Å². The second kappa shape index (κ2) is 6.93. The van der Waals surface area contributed by atoms with Crippen molar-refractivity contribution in [2.45, 2.75) is 18.7 Å². The van der Waals surface area contributed by atoms with E-state index in [2.05, 4.69) is 0 Å². The van der Waals surface area contributed by atoms with Crippen LogP contribution in [0.25, 0.3) is 33.4 Å². The third-order valence-corrected chi connectivity index (χ3v) is 6.16. The van der Waals surface area contributed by atoms with Gasteiger partial charge in [0.25, 0.3) is 10.1 Å². The fourth-order valence-electron chi connectivity index (χ4n) is 3.60. The highest BCUT2D eigenvalue weighted by Crippen LogP contribution is 2.43. The Bertz CT molecular complexity index is 1540. The van der Waals surface area contributed by atoms with Gasteiger partial charge < -0.3 is 15.3 Å². The maximum Gasteiger partial charge on any atom is 0.335 e.